The van der Waals surface area contributed by atoms with Gasteiger partial charge in [-0.2, -0.15) is 0 Å². The van der Waals surface area contributed by atoms with Crippen LogP contribution in [0.5, 0.6) is 0 Å². The molecule has 2 nitrogen and oxygen atoms in total. The van der Waals surface area contributed by atoms with Crippen LogP contribution in [0, 0.1) is 5.82 Å². The molecule has 1 N–H and O–H groups in total. The average Bonchev–Trinajstić information content (AvgIpc) is 2.43. The van der Waals surface area contributed by atoms with Crippen LogP contribution in [0.25, 0.3) is 0 Å². The van der Waals surface area contributed by atoms with Crippen molar-refractivity contribution in [3.63, 3.8) is 0 Å². The van der Waals surface area contributed by atoms with Gasteiger partial charge in [0.15, 0.2) is 0 Å². The molecule has 0 aliphatic carbocycles. The van der Waals surface area contributed by atoms with Crippen LogP contribution in [-0.4, -0.2) is 23.9 Å². The van der Waals surface area contributed by atoms with Crippen LogP contribution in [-0.2, 0) is 11.2 Å². The summed E-state index contributed by atoms with van der Waals surface area (Å²) in [6.45, 7) is 0.843. The van der Waals surface area contributed by atoms with Crippen molar-refractivity contribution >= 4 is 15.9 Å². The number of hydrogen-bond donors (Lipinski definition) is 1. The molecule has 0 saturated carbocycles. The molecule has 0 spiro atoms. The Morgan fingerprint density at radius 1 is 1.42 bits per heavy atom. The lowest BCUT2D eigenvalue weighted by Crippen LogP contribution is -2.21. The second kappa shape index (κ2) is 7.36. The van der Waals surface area contributed by atoms with Gasteiger partial charge in [0.25, 0.3) is 0 Å². The minimum Gasteiger partial charge on any atom is -0.393 e. The third-order valence-electron chi connectivity index (χ3n) is 3.58. The molecule has 1 saturated heterocycles. The minimum atomic E-state index is -0.441. The number of benzene rings is 1. The molecule has 1 heterocycles. The zero-order valence-electron chi connectivity index (χ0n) is 10.9. The molecular formula is C15H20BrFO2. The summed E-state index contributed by atoms with van der Waals surface area (Å²) < 4.78 is 19.5. The largest absolute Gasteiger partial charge is 0.393 e. The Labute approximate surface area is 122 Å². The van der Waals surface area contributed by atoms with E-state index >= 15 is 0 Å². The highest BCUT2D eigenvalue weighted by Gasteiger charge is 2.16. The van der Waals surface area contributed by atoms with E-state index in [4.69, 9.17) is 4.74 Å². The summed E-state index contributed by atoms with van der Waals surface area (Å²) in [5.41, 5.74) is 0.817. The van der Waals surface area contributed by atoms with Crippen LogP contribution in [0.4, 0.5) is 4.39 Å². The van der Waals surface area contributed by atoms with Gasteiger partial charge in [-0.15, -0.1) is 0 Å². The van der Waals surface area contributed by atoms with Crippen molar-refractivity contribution in [2.24, 2.45) is 0 Å². The lowest BCUT2D eigenvalue weighted by Gasteiger charge is -2.23. The number of aliphatic hydroxyl groups is 1. The van der Waals surface area contributed by atoms with Gasteiger partial charge in [0, 0.05) is 6.61 Å². The summed E-state index contributed by atoms with van der Waals surface area (Å²) >= 11 is 3.23. The molecule has 2 atom stereocenters. The maximum absolute atomic E-state index is 13.4. The van der Waals surface area contributed by atoms with Crippen molar-refractivity contribution in [1.29, 1.82) is 0 Å². The Bertz CT molecular complexity index is 405. The van der Waals surface area contributed by atoms with E-state index in [2.05, 4.69) is 15.9 Å². The first-order valence-corrected chi connectivity index (χ1v) is 7.68. The minimum absolute atomic E-state index is 0.277. The molecule has 1 aliphatic heterocycles. The summed E-state index contributed by atoms with van der Waals surface area (Å²) in [6, 6.07) is 4.93. The first kappa shape index (κ1) is 14.9. The van der Waals surface area contributed by atoms with Crippen LogP contribution in [0.3, 0.4) is 0 Å². The first-order chi connectivity index (χ1) is 9.16. The summed E-state index contributed by atoms with van der Waals surface area (Å²) in [5.74, 6) is -0.277. The molecule has 1 aliphatic rings. The monoisotopic (exact) mass is 330 g/mol. The first-order valence-electron chi connectivity index (χ1n) is 6.89. The van der Waals surface area contributed by atoms with Crippen molar-refractivity contribution < 1.29 is 14.2 Å². The third kappa shape index (κ3) is 4.55. The van der Waals surface area contributed by atoms with Crippen molar-refractivity contribution in [1.82, 2.24) is 0 Å². The molecule has 0 radical (unpaired) electrons. The van der Waals surface area contributed by atoms with E-state index in [1.54, 1.807) is 6.07 Å². The van der Waals surface area contributed by atoms with Gasteiger partial charge in [-0.05, 0) is 66.1 Å². The average molecular weight is 331 g/mol. The number of aliphatic hydroxyl groups excluding tert-OH is 1. The van der Waals surface area contributed by atoms with Crippen LogP contribution in [0.1, 0.15) is 37.7 Å². The lowest BCUT2D eigenvalue weighted by atomic mass is 9.99. The zero-order chi connectivity index (χ0) is 13.7. The summed E-state index contributed by atoms with van der Waals surface area (Å²) in [4.78, 5) is 0. The van der Waals surface area contributed by atoms with Gasteiger partial charge in [0.1, 0.15) is 5.82 Å². The molecule has 1 fully saturated rings. The molecule has 2 unspecified atom stereocenters. The highest BCUT2D eigenvalue weighted by molar-refractivity contribution is 9.10. The molecule has 0 amide bonds. The Morgan fingerprint density at radius 3 is 3.00 bits per heavy atom. The van der Waals surface area contributed by atoms with Gasteiger partial charge in [0.2, 0.25) is 0 Å². The molecule has 0 bridgehead atoms. The number of halogens is 2. The van der Waals surface area contributed by atoms with Crippen LogP contribution < -0.4 is 0 Å². The second-order valence-electron chi connectivity index (χ2n) is 5.14. The highest BCUT2D eigenvalue weighted by Crippen LogP contribution is 2.23. The summed E-state index contributed by atoms with van der Waals surface area (Å²) in [6.07, 6.45) is 5.37. The molecule has 4 heteroatoms. The maximum Gasteiger partial charge on any atom is 0.137 e. The Kier molecular flexibility index (Phi) is 5.79. The molecule has 1 aromatic rings. The van der Waals surface area contributed by atoms with E-state index in [9.17, 15) is 9.50 Å². The molecule has 0 aromatic heterocycles. The maximum atomic E-state index is 13.4. The van der Waals surface area contributed by atoms with E-state index in [0.29, 0.717) is 23.4 Å². The molecule has 19 heavy (non-hydrogen) atoms. The number of ether oxygens (including phenoxy) is 1. The van der Waals surface area contributed by atoms with Crippen molar-refractivity contribution in [3.05, 3.63) is 34.1 Å². The van der Waals surface area contributed by atoms with E-state index in [1.807, 2.05) is 6.07 Å². The van der Waals surface area contributed by atoms with Gasteiger partial charge in [-0.3, -0.25) is 0 Å². The van der Waals surface area contributed by atoms with Gasteiger partial charge in [-0.1, -0.05) is 12.1 Å². The van der Waals surface area contributed by atoms with E-state index in [0.717, 1.165) is 31.4 Å². The summed E-state index contributed by atoms with van der Waals surface area (Å²) in [5, 5.41) is 10.0. The standard InChI is InChI=1S/C15H20BrFO2/c16-15-11(4-3-6-14(15)17)10-12(18)7-8-13-5-1-2-9-19-13/h3-4,6,12-13,18H,1-2,5,7-10H2. The predicted molar refractivity (Wildman–Crippen MR) is 76.6 cm³/mol. The Hall–Kier alpha value is -0.450. The van der Waals surface area contributed by atoms with Crippen LogP contribution in [0.15, 0.2) is 22.7 Å². The lowest BCUT2D eigenvalue weighted by molar-refractivity contribution is 0.00233. The normalized spacial score (nSPS) is 21.3. The SMILES string of the molecule is OC(CCC1CCCCO1)Cc1cccc(F)c1Br. The predicted octanol–water partition coefficient (Wildman–Crippen LogP) is 3.84. The summed E-state index contributed by atoms with van der Waals surface area (Å²) in [7, 11) is 0. The van der Waals surface area contributed by atoms with E-state index < -0.39 is 6.10 Å². The van der Waals surface area contributed by atoms with E-state index in [1.165, 1.54) is 12.5 Å². The Balaban J connectivity index is 1.80. The topological polar surface area (TPSA) is 29.5 Å². The van der Waals surface area contributed by atoms with Crippen LogP contribution in [0.2, 0.25) is 0 Å². The Morgan fingerprint density at radius 2 is 2.26 bits per heavy atom. The fourth-order valence-corrected chi connectivity index (χ4v) is 2.90. The molecular weight excluding hydrogens is 311 g/mol. The van der Waals surface area contributed by atoms with Crippen LogP contribution >= 0.6 is 15.9 Å². The second-order valence-corrected chi connectivity index (χ2v) is 5.93. The van der Waals surface area contributed by atoms with Gasteiger partial charge >= 0.3 is 0 Å². The van der Waals surface area contributed by atoms with Gasteiger partial charge in [-0.25, -0.2) is 4.39 Å². The van der Waals surface area contributed by atoms with E-state index in [-0.39, 0.29) is 5.82 Å². The fourth-order valence-electron chi connectivity index (χ4n) is 2.48. The fraction of sp³-hybridized carbons (Fsp3) is 0.600. The molecule has 106 valence electrons. The highest BCUT2D eigenvalue weighted by atomic mass is 79.9. The quantitative estimate of drug-likeness (QED) is 0.888. The van der Waals surface area contributed by atoms with Crippen molar-refractivity contribution in [2.45, 2.75) is 50.7 Å². The van der Waals surface area contributed by atoms with Gasteiger partial charge < -0.3 is 9.84 Å². The van der Waals surface area contributed by atoms with Gasteiger partial charge in [0.05, 0.1) is 16.7 Å². The number of rotatable bonds is 5. The molecule has 2 rings (SSSR count). The third-order valence-corrected chi connectivity index (χ3v) is 4.47. The zero-order valence-corrected chi connectivity index (χ0v) is 12.5. The smallest absolute Gasteiger partial charge is 0.137 e. The molecule has 1 aromatic carbocycles. The number of hydrogen-bond acceptors (Lipinski definition) is 2. The van der Waals surface area contributed by atoms with Crippen molar-refractivity contribution in [2.75, 3.05) is 6.61 Å². The van der Waals surface area contributed by atoms with Crippen molar-refractivity contribution in [3.8, 4) is 0 Å².